The molecule has 0 fully saturated rings. The Morgan fingerprint density at radius 2 is 1.52 bits per heavy atom. The van der Waals surface area contributed by atoms with Crippen molar-refractivity contribution in [1.82, 2.24) is 5.32 Å². The largest absolute Gasteiger partial charge is 0.493 e. The summed E-state index contributed by atoms with van der Waals surface area (Å²) in [5.41, 5.74) is 7.96. The molecule has 2 aromatic carbocycles. The minimum atomic E-state index is -0.160. The Labute approximate surface area is 153 Å². The van der Waals surface area contributed by atoms with E-state index in [1.165, 1.54) is 0 Å². The number of rotatable bonds is 7. The second-order valence-corrected chi connectivity index (χ2v) is 5.12. The third kappa shape index (κ3) is 5.01. The Morgan fingerprint density at radius 3 is 1.96 bits per heavy atom. The monoisotopic (exact) mass is 366 g/mol. The van der Waals surface area contributed by atoms with Gasteiger partial charge < -0.3 is 25.3 Å². The second kappa shape index (κ2) is 9.76. The number of hydrogen-bond donors (Lipinski definition) is 2. The molecule has 6 nitrogen and oxygen atoms in total. The number of halogens is 1. The van der Waals surface area contributed by atoms with Crippen LogP contribution in [0, 0.1) is 0 Å². The first kappa shape index (κ1) is 20.6. The summed E-state index contributed by atoms with van der Waals surface area (Å²) in [6.45, 7) is 0.793. The number of amides is 1. The standard InChI is InChI=1S/C18H22N2O4.ClH/c1-22-15-8-13(9-16(23-2)17(15)24-3)11-20-18(21)14-6-4-12(10-19)5-7-14;/h4-9H,10-11,19H2,1-3H3,(H,20,21);1H. The molecular formula is C18H23ClN2O4. The summed E-state index contributed by atoms with van der Waals surface area (Å²) in [5, 5.41) is 2.87. The molecule has 0 bridgehead atoms. The molecule has 136 valence electrons. The summed E-state index contributed by atoms with van der Waals surface area (Å²) in [5.74, 6) is 1.46. The van der Waals surface area contributed by atoms with Crippen molar-refractivity contribution in [2.24, 2.45) is 5.73 Å². The van der Waals surface area contributed by atoms with Gasteiger partial charge in [-0.2, -0.15) is 0 Å². The summed E-state index contributed by atoms with van der Waals surface area (Å²) in [4.78, 5) is 12.2. The van der Waals surface area contributed by atoms with Crippen molar-refractivity contribution in [3.8, 4) is 17.2 Å². The molecule has 0 aliphatic rings. The minimum Gasteiger partial charge on any atom is -0.493 e. The zero-order valence-electron chi connectivity index (χ0n) is 14.5. The van der Waals surface area contributed by atoms with Gasteiger partial charge in [-0.05, 0) is 35.4 Å². The first-order chi connectivity index (χ1) is 11.6. The molecule has 0 aliphatic heterocycles. The Balaban J connectivity index is 0.00000312. The number of ether oxygens (including phenoxy) is 3. The van der Waals surface area contributed by atoms with Crippen LogP contribution in [-0.2, 0) is 13.1 Å². The van der Waals surface area contributed by atoms with Crippen molar-refractivity contribution < 1.29 is 19.0 Å². The molecule has 0 aromatic heterocycles. The van der Waals surface area contributed by atoms with Crippen molar-refractivity contribution in [2.75, 3.05) is 21.3 Å². The average molecular weight is 367 g/mol. The molecule has 0 aliphatic carbocycles. The summed E-state index contributed by atoms with van der Waals surface area (Å²) in [6, 6.07) is 10.8. The number of nitrogens with two attached hydrogens (primary N) is 1. The predicted molar refractivity (Wildman–Crippen MR) is 98.8 cm³/mol. The van der Waals surface area contributed by atoms with E-state index in [0.29, 0.717) is 35.9 Å². The van der Waals surface area contributed by atoms with Crippen LogP contribution in [0.25, 0.3) is 0 Å². The normalized spacial score (nSPS) is 9.76. The minimum absolute atomic E-state index is 0. The maximum absolute atomic E-state index is 12.2. The highest BCUT2D eigenvalue weighted by Gasteiger charge is 2.14. The van der Waals surface area contributed by atoms with Gasteiger partial charge in [0.25, 0.3) is 5.91 Å². The molecule has 0 heterocycles. The Bertz CT molecular complexity index is 680. The van der Waals surface area contributed by atoms with Gasteiger partial charge in [-0.3, -0.25) is 4.79 Å². The molecule has 25 heavy (non-hydrogen) atoms. The molecule has 0 saturated heterocycles. The second-order valence-electron chi connectivity index (χ2n) is 5.12. The fraction of sp³-hybridized carbons (Fsp3) is 0.278. The van der Waals surface area contributed by atoms with E-state index in [-0.39, 0.29) is 18.3 Å². The highest BCUT2D eigenvalue weighted by atomic mass is 35.5. The van der Waals surface area contributed by atoms with Gasteiger partial charge in [-0.1, -0.05) is 12.1 Å². The lowest BCUT2D eigenvalue weighted by Gasteiger charge is -2.14. The zero-order valence-corrected chi connectivity index (χ0v) is 15.3. The van der Waals surface area contributed by atoms with Crippen LogP contribution in [0.3, 0.4) is 0 Å². The van der Waals surface area contributed by atoms with E-state index < -0.39 is 0 Å². The maximum Gasteiger partial charge on any atom is 0.251 e. The first-order valence-corrected chi connectivity index (χ1v) is 7.49. The number of nitrogens with one attached hydrogen (secondary N) is 1. The van der Waals surface area contributed by atoms with Crippen LogP contribution in [0.2, 0.25) is 0 Å². The molecule has 1 amide bonds. The van der Waals surface area contributed by atoms with Crippen LogP contribution >= 0.6 is 12.4 Å². The van der Waals surface area contributed by atoms with Crippen LogP contribution in [0.5, 0.6) is 17.2 Å². The molecular weight excluding hydrogens is 344 g/mol. The Morgan fingerprint density at radius 1 is 0.960 bits per heavy atom. The van der Waals surface area contributed by atoms with Crippen molar-refractivity contribution >= 4 is 18.3 Å². The SMILES string of the molecule is COc1cc(CNC(=O)c2ccc(CN)cc2)cc(OC)c1OC.Cl. The topological polar surface area (TPSA) is 82.8 Å². The molecule has 0 spiro atoms. The number of hydrogen-bond acceptors (Lipinski definition) is 5. The lowest BCUT2D eigenvalue weighted by Crippen LogP contribution is -2.22. The van der Waals surface area contributed by atoms with Crippen molar-refractivity contribution in [3.05, 3.63) is 53.1 Å². The average Bonchev–Trinajstić information content (AvgIpc) is 2.65. The molecule has 0 atom stereocenters. The van der Waals surface area contributed by atoms with Gasteiger partial charge in [-0.25, -0.2) is 0 Å². The van der Waals surface area contributed by atoms with Crippen LogP contribution in [0.1, 0.15) is 21.5 Å². The molecule has 2 rings (SSSR count). The van der Waals surface area contributed by atoms with E-state index in [4.69, 9.17) is 19.9 Å². The molecule has 3 N–H and O–H groups in total. The van der Waals surface area contributed by atoms with Crippen molar-refractivity contribution in [1.29, 1.82) is 0 Å². The Kier molecular flexibility index (Phi) is 8.04. The number of methoxy groups -OCH3 is 3. The number of carbonyl (C=O) groups is 1. The van der Waals surface area contributed by atoms with Gasteiger partial charge in [0.05, 0.1) is 21.3 Å². The highest BCUT2D eigenvalue weighted by molar-refractivity contribution is 5.94. The third-order valence-electron chi connectivity index (χ3n) is 3.63. The van der Waals surface area contributed by atoms with Gasteiger partial charge in [-0.15, -0.1) is 12.4 Å². The van der Waals surface area contributed by atoms with Gasteiger partial charge in [0.15, 0.2) is 11.5 Å². The molecule has 0 unspecified atom stereocenters. The van der Waals surface area contributed by atoms with Crippen molar-refractivity contribution in [3.63, 3.8) is 0 Å². The molecule has 2 aromatic rings. The van der Waals surface area contributed by atoms with Crippen LogP contribution < -0.4 is 25.3 Å². The lowest BCUT2D eigenvalue weighted by atomic mass is 10.1. The Hall–Kier alpha value is -2.44. The van der Waals surface area contributed by atoms with E-state index in [1.807, 2.05) is 12.1 Å². The lowest BCUT2D eigenvalue weighted by molar-refractivity contribution is 0.0951. The van der Waals surface area contributed by atoms with Crippen molar-refractivity contribution in [2.45, 2.75) is 13.1 Å². The summed E-state index contributed by atoms with van der Waals surface area (Å²) < 4.78 is 15.9. The first-order valence-electron chi connectivity index (χ1n) is 7.49. The van der Waals surface area contributed by atoms with Gasteiger partial charge in [0.2, 0.25) is 5.75 Å². The molecule has 7 heteroatoms. The van der Waals surface area contributed by atoms with Gasteiger partial charge >= 0.3 is 0 Å². The van der Waals surface area contributed by atoms with E-state index in [9.17, 15) is 4.79 Å². The summed E-state index contributed by atoms with van der Waals surface area (Å²) in [6.07, 6.45) is 0. The van der Waals surface area contributed by atoms with Gasteiger partial charge in [0, 0.05) is 18.7 Å². The summed E-state index contributed by atoms with van der Waals surface area (Å²) in [7, 11) is 4.66. The predicted octanol–water partition coefficient (Wildman–Crippen LogP) is 2.52. The maximum atomic E-state index is 12.2. The van der Waals surface area contributed by atoms with E-state index in [2.05, 4.69) is 5.32 Å². The van der Waals surface area contributed by atoms with E-state index in [0.717, 1.165) is 11.1 Å². The van der Waals surface area contributed by atoms with Gasteiger partial charge in [0.1, 0.15) is 0 Å². The van der Waals surface area contributed by atoms with Crippen LogP contribution in [0.4, 0.5) is 0 Å². The van der Waals surface area contributed by atoms with E-state index >= 15 is 0 Å². The number of carbonyl (C=O) groups excluding carboxylic acids is 1. The number of benzene rings is 2. The zero-order chi connectivity index (χ0) is 17.5. The van der Waals surface area contributed by atoms with E-state index in [1.54, 1.807) is 45.6 Å². The molecule has 0 radical (unpaired) electrons. The fourth-order valence-electron chi connectivity index (χ4n) is 2.31. The fourth-order valence-corrected chi connectivity index (χ4v) is 2.31. The summed E-state index contributed by atoms with van der Waals surface area (Å²) >= 11 is 0. The quantitative estimate of drug-likeness (QED) is 0.786. The highest BCUT2D eigenvalue weighted by Crippen LogP contribution is 2.38. The van der Waals surface area contributed by atoms with Crippen LogP contribution in [-0.4, -0.2) is 27.2 Å². The molecule has 0 saturated carbocycles. The van der Waals surface area contributed by atoms with Crippen LogP contribution in [0.15, 0.2) is 36.4 Å². The third-order valence-corrected chi connectivity index (χ3v) is 3.63. The smallest absolute Gasteiger partial charge is 0.251 e.